The number of nitrogens with one attached hydrogen (secondary N) is 2. The van der Waals surface area contributed by atoms with Crippen molar-refractivity contribution in [3.63, 3.8) is 0 Å². The average Bonchev–Trinajstić information content (AvgIpc) is 2.77. The van der Waals surface area contributed by atoms with Crippen molar-refractivity contribution < 1.29 is 14.4 Å². The minimum atomic E-state index is -1.25. The van der Waals surface area contributed by atoms with Crippen LogP contribution in [0.5, 0.6) is 0 Å². The van der Waals surface area contributed by atoms with Crippen LogP contribution in [0, 0.1) is 13.8 Å². The van der Waals surface area contributed by atoms with Gasteiger partial charge < -0.3 is 10.6 Å². The van der Waals surface area contributed by atoms with Crippen LogP contribution in [0.25, 0.3) is 10.8 Å². The first-order valence-electron chi connectivity index (χ1n) is 9.03. The second-order valence-electron chi connectivity index (χ2n) is 7.25. The van der Waals surface area contributed by atoms with Crippen molar-refractivity contribution in [1.82, 2.24) is 0 Å². The number of fused-ring (bicyclic) bond motifs is 5. The Kier molecular flexibility index (Phi) is 3.34. The van der Waals surface area contributed by atoms with E-state index in [0.29, 0.717) is 22.6 Å². The van der Waals surface area contributed by atoms with E-state index in [1.165, 1.54) is 4.90 Å². The number of hydrogen-bond acceptors (Lipinski definition) is 3. The molecule has 3 amide bonds. The molecule has 0 bridgehead atoms. The molecule has 2 aliphatic rings. The Bertz CT molecular complexity index is 1220. The van der Waals surface area contributed by atoms with Crippen molar-refractivity contribution in [3.05, 3.63) is 65.2 Å². The molecular formula is C22H17N3O3. The van der Waals surface area contributed by atoms with E-state index in [2.05, 4.69) is 10.6 Å². The third-order valence-electron chi connectivity index (χ3n) is 5.48. The number of benzene rings is 3. The van der Waals surface area contributed by atoms with Gasteiger partial charge in [-0.2, -0.15) is 0 Å². The molecule has 5 rings (SSSR count). The van der Waals surface area contributed by atoms with E-state index >= 15 is 0 Å². The zero-order chi connectivity index (χ0) is 19.6. The minimum absolute atomic E-state index is 0.369. The minimum Gasteiger partial charge on any atom is -0.323 e. The average molecular weight is 371 g/mol. The summed E-state index contributed by atoms with van der Waals surface area (Å²) in [6, 6.07) is 13.6. The number of carbonyl (C=O) groups excluding carboxylic acids is 3. The SMILES string of the molecule is Cc1cc2c(cc1C)N1C(=O)c3cc4ccccc4cc3NC(=O)C1C(=O)N2. The van der Waals surface area contributed by atoms with Gasteiger partial charge in [0, 0.05) is 0 Å². The van der Waals surface area contributed by atoms with E-state index in [0.717, 1.165) is 21.9 Å². The van der Waals surface area contributed by atoms with Gasteiger partial charge in [-0.25, -0.2) is 0 Å². The number of anilines is 3. The van der Waals surface area contributed by atoms with Crippen LogP contribution in [0.4, 0.5) is 17.1 Å². The van der Waals surface area contributed by atoms with E-state index < -0.39 is 17.9 Å². The lowest BCUT2D eigenvalue weighted by Gasteiger charge is -2.34. The van der Waals surface area contributed by atoms with Gasteiger partial charge in [-0.15, -0.1) is 0 Å². The number of rotatable bonds is 0. The van der Waals surface area contributed by atoms with Gasteiger partial charge in [0.25, 0.3) is 17.7 Å². The molecule has 0 saturated heterocycles. The maximum atomic E-state index is 13.5. The van der Waals surface area contributed by atoms with Gasteiger partial charge in [-0.05, 0) is 60.0 Å². The summed E-state index contributed by atoms with van der Waals surface area (Å²) >= 11 is 0. The predicted octanol–water partition coefficient (Wildman–Crippen LogP) is 3.38. The summed E-state index contributed by atoms with van der Waals surface area (Å²) < 4.78 is 0. The van der Waals surface area contributed by atoms with Gasteiger partial charge >= 0.3 is 0 Å². The summed E-state index contributed by atoms with van der Waals surface area (Å²) in [5, 5.41) is 7.34. The molecule has 3 aromatic rings. The first kappa shape index (κ1) is 16.5. The topological polar surface area (TPSA) is 78.5 Å². The third-order valence-corrected chi connectivity index (χ3v) is 5.48. The van der Waals surface area contributed by atoms with Crippen LogP contribution in [0.1, 0.15) is 21.5 Å². The normalized spacial score (nSPS) is 18.0. The summed E-state index contributed by atoms with van der Waals surface area (Å²) in [6.45, 7) is 3.87. The Morgan fingerprint density at radius 1 is 0.786 bits per heavy atom. The van der Waals surface area contributed by atoms with Crippen LogP contribution in [0.15, 0.2) is 48.5 Å². The molecule has 0 radical (unpaired) electrons. The molecule has 0 spiro atoms. The lowest BCUT2D eigenvalue weighted by Crippen LogP contribution is -2.55. The molecule has 2 heterocycles. The van der Waals surface area contributed by atoms with Crippen molar-refractivity contribution in [2.45, 2.75) is 19.9 Å². The molecular weight excluding hydrogens is 354 g/mol. The summed E-state index contributed by atoms with van der Waals surface area (Å²) in [5.41, 5.74) is 3.83. The van der Waals surface area contributed by atoms with Crippen LogP contribution in [-0.2, 0) is 9.59 Å². The summed E-state index contributed by atoms with van der Waals surface area (Å²) in [4.78, 5) is 40.4. The van der Waals surface area contributed by atoms with Crippen molar-refractivity contribution in [3.8, 4) is 0 Å². The summed E-state index contributed by atoms with van der Waals surface area (Å²) in [5.74, 6) is -1.41. The smallest absolute Gasteiger partial charge is 0.261 e. The maximum absolute atomic E-state index is 13.5. The van der Waals surface area contributed by atoms with E-state index in [9.17, 15) is 14.4 Å². The zero-order valence-corrected chi connectivity index (χ0v) is 15.4. The van der Waals surface area contributed by atoms with E-state index in [1.54, 1.807) is 12.1 Å². The fourth-order valence-electron chi connectivity index (χ4n) is 3.87. The lowest BCUT2D eigenvalue weighted by molar-refractivity contribution is -0.125. The number of amides is 3. The van der Waals surface area contributed by atoms with Crippen molar-refractivity contribution in [2.24, 2.45) is 0 Å². The van der Waals surface area contributed by atoms with Gasteiger partial charge in [0.15, 0.2) is 6.04 Å². The largest absolute Gasteiger partial charge is 0.323 e. The van der Waals surface area contributed by atoms with Gasteiger partial charge in [0.2, 0.25) is 0 Å². The molecule has 0 saturated carbocycles. The Morgan fingerprint density at radius 3 is 2.11 bits per heavy atom. The summed E-state index contributed by atoms with van der Waals surface area (Å²) in [6.07, 6.45) is 0. The molecule has 28 heavy (non-hydrogen) atoms. The van der Waals surface area contributed by atoms with E-state index in [4.69, 9.17) is 0 Å². The molecule has 3 aromatic carbocycles. The Hall–Kier alpha value is -3.67. The first-order chi connectivity index (χ1) is 13.4. The quantitative estimate of drug-likeness (QED) is 0.595. The molecule has 2 aliphatic heterocycles. The molecule has 138 valence electrons. The highest BCUT2D eigenvalue weighted by Crippen LogP contribution is 2.38. The fourth-order valence-corrected chi connectivity index (χ4v) is 3.87. The van der Waals surface area contributed by atoms with Crippen LogP contribution in [0.3, 0.4) is 0 Å². The standard InChI is InChI=1S/C22H17N3O3/c1-11-7-17-18(8-12(11)2)25-19(21(27)24-17)20(26)23-16-10-14-6-4-3-5-13(14)9-15(16)22(25)28/h3-10,19H,1-2H3,(H,23,26)(H,24,27). The van der Waals surface area contributed by atoms with Gasteiger partial charge in [0.1, 0.15) is 0 Å². The first-order valence-corrected chi connectivity index (χ1v) is 9.03. The van der Waals surface area contributed by atoms with E-state index in [1.807, 2.05) is 50.2 Å². The molecule has 6 heteroatoms. The highest BCUT2D eigenvalue weighted by molar-refractivity contribution is 6.30. The van der Waals surface area contributed by atoms with Crippen molar-refractivity contribution in [1.29, 1.82) is 0 Å². The third kappa shape index (κ3) is 2.24. The van der Waals surface area contributed by atoms with Crippen molar-refractivity contribution in [2.75, 3.05) is 15.5 Å². The van der Waals surface area contributed by atoms with Gasteiger partial charge in [-0.3, -0.25) is 19.3 Å². The predicted molar refractivity (Wildman–Crippen MR) is 108 cm³/mol. The number of carbonyl (C=O) groups is 3. The maximum Gasteiger partial charge on any atom is 0.261 e. The van der Waals surface area contributed by atoms with Crippen LogP contribution in [0.2, 0.25) is 0 Å². The molecule has 0 aliphatic carbocycles. The molecule has 2 N–H and O–H groups in total. The fraction of sp³-hybridized carbons (Fsp3) is 0.136. The number of hydrogen-bond donors (Lipinski definition) is 2. The Labute approximate surface area is 161 Å². The van der Waals surface area contributed by atoms with E-state index in [-0.39, 0.29) is 5.91 Å². The zero-order valence-electron chi connectivity index (χ0n) is 15.4. The molecule has 1 unspecified atom stereocenters. The monoisotopic (exact) mass is 371 g/mol. The van der Waals surface area contributed by atoms with Crippen LogP contribution in [-0.4, -0.2) is 23.8 Å². The van der Waals surface area contributed by atoms with Crippen LogP contribution < -0.4 is 15.5 Å². The van der Waals surface area contributed by atoms with Crippen molar-refractivity contribution >= 4 is 45.6 Å². The number of nitrogens with zero attached hydrogens (tertiary/aromatic N) is 1. The second kappa shape index (κ2) is 5.66. The lowest BCUT2D eigenvalue weighted by atomic mass is 10.0. The molecule has 1 atom stereocenters. The van der Waals surface area contributed by atoms with Crippen LogP contribution >= 0.6 is 0 Å². The number of aryl methyl sites for hydroxylation is 2. The highest BCUT2D eigenvalue weighted by Gasteiger charge is 2.45. The van der Waals surface area contributed by atoms with Gasteiger partial charge in [0.05, 0.1) is 22.6 Å². The summed E-state index contributed by atoms with van der Waals surface area (Å²) in [7, 11) is 0. The molecule has 6 nitrogen and oxygen atoms in total. The molecule has 0 aromatic heterocycles. The second-order valence-corrected chi connectivity index (χ2v) is 7.25. The molecule has 0 fully saturated rings. The Balaban J connectivity index is 1.77. The highest BCUT2D eigenvalue weighted by atomic mass is 16.2. The van der Waals surface area contributed by atoms with Gasteiger partial charge in [-0.1, -0.05) is 24.3 Å². The Morgan fingerprint density at radius 2 is 1.39 bits per heavy atom.